The van der Waals surface area contributed by atoms with E-state index in [9.17, 15) is 4.39 Å². The molecule has 0 spiro atoms. The average molecular weight is 318 g/mol. The average Bonchev–Trinajstić information content (AvgIpc) is 2.58. The van der Waals surface area contributed by atoms with Crippen molar-refractivity contribution in [2.45, 2.75) is 25.7 Å². The van der Waals surface area contributed by atoms with Crippen LogP contribution in [0.15, 0.2) is 42.5 Å². The molecule has 2 rings (SSSR count). The van der Waals surface area contributed by atoms with Gasteiger partial charge in [0.1, 0.15) is 5.75 Å². The number of hydrogen-bond acceptors (Lipinski definition) is 3. The molecule has 0 bridgehead atoms. The first-order valence-electron chi connectivity index (χ1n) is 7.92. The first-order chi connectivity index (χ1) is 11.2. The molecule has 0 aromatic heterocycles. The van der Waals surface area contributed by atoms with E-state index in [1.807, 2.05) is 30.3 Å². The SMILES string of the molecule is COc1ccc(-c2ccc(OCCCCCCO)cc2)cc1F. The normalized spacial score (nSPS) is 10.6. The van der Waals surface area contributed by atoms with E-state index in [4.69, 9.17) is 14.6 Å². The van der Waals surface area contributed by atoms with Gasteiger partial charge >= 0.3 is 0 Å². The molecule has 23 heavy (non-hydrogen) atoms. The minimum atomic E-state index is -0.367. The van der Waals surface area contributed by atoms with Gasteiger partial charge in [-0.3, -0.25) is 0 Å². The van der Waals surface area contributed by atoms with Crippen LogP contribution in [0.25, 0.3) is 11.1 Å². The van der Waals surface area contributed by atoms with Crippen molar-refractivity contribution in [2.24, 2.45) is 0 Å². The topological polar surface area (TPSA) is 38.7 Å². The lowest BCUT2D eigenvalue weighted by atomic mass is 10.1. The van der Waals surface area contributed by atoms with Gasteiger partial charge in [0, 0.05) is 6.61 Å². The van der Waals surface area contributed by atoms with Gasteiger partial charge in [-0.15, -0.1) is 0 Å². The summed E-state index contributed by atoms with van der Waals surface area (Å²) in [5.41, 5.74) is 1.74. The molecule has 0 heterocycles. The summed E-state index contributed by atoms with van der Waals surface area (Å²) in [5.74, 6) is 0.688. The predicted molar refractivity (Wildman–Crippen MR) is 89.4 cm³/mol. The van der Waals surface area contributed by atoms with Gasteiger partial charge in [-0.25, -0.2) is 4.39 Å². The van der Waals surface area contributed by atoms with Crippen molar-refractivity contribution >= 4 is 0 Å². The summed E-state index contributed by atoms with van der Waals surface area (Å²) in [7, 11) is 1.45. The molecule has 0 saturated heterocycles. The van der Waals surface area contributed by atoms with E-state index in [0.29, 0.717) is 6.61 Å². The van der Waals surface area contributed by atoms with Gasteiger partial charge < -0.3 is 14.6 Å². The fourth-order valence-electron chi connectivity index (χ4n) is 2.35. The Morgan fingerprint density at radius 2 is 1.61 bits per heavy atom. The third-order valence-corrected chi connectivity index (χ3v) is 3.66. The van der Waals surface area contributed by atoms with Gasteiger partial charge in [0.2, 0.25) is 0 Å². The zero-order chi connectivity index (χ0) is 16.5. The lowest BCUT2D eigenvalue weighted by molar-refractivity contribution is 0.273. The fraction of sp³-hybridized carbons (Fsp3) is 0.368. The molecule has 0 fully saturated rings. The minimum absolute atomic E-state index is 0.245. The van der Waals surface area contributed by atoms with Crippen LogP contribution >= 0.6 is 0 Å². The molecule has 2 aromatic carbocycles. The summed E-state index contributed by atoms with van der Waals surface area (Å²) in [6.45, 7) is 0.927. The molecular formula is C19H23FO3. The van der Waals surface area contributed by atoms with Gasteiger partial charge in [0.05, 0.1) is 13.7 Å². The van der Waals surface area contributed by atoms with Crippen LogP contribution in [0.2, 0.25) is 0 Å². The van der Waals surface area contributed by atoms with Crippen LogP contribution in [0.1, 0.15) is 25.7 Å². The lowest BCUT2D eigenvalue weighted by Crippen LogP contribution is -1.97. The summed E-state index contributed by atoms with van der Waals surface area (Å²) in [6.07, 6.45) is 3.92. The van der Waals surface area contributed by atoms with E-state index in [2.05, 4.69) is 0 Å². The molecule has 0 aliphatic heterocycles. The van der Waals surface area contributed by atoms with Crippen LogP contribution in [0.5, 0.6) is 11.5 Å². The van der Waals surface area contributed by atoms with Crippen molar-refractivity contribution in [3.05, 3.63) is 48.3 Å². The lowest BCUT2D eigenvalue weighted by Gasteiger charge is -2.08. The molecule has 0 radical (unpaired) electrons. The van der Waals surface area contributed by atoms with Gasteiger partial charge in [-0.2, -0.15) is 0 Å². The second-order valence-electron chi connectivity index (χ2n) is 5.36. The molecule has 4 heteroatoms. The van der Waals surface area contributed by atoms with Crippen molar-refractivity contribution in [2.75, 3.05) is 20.3 Å². The second kappa shape index (κ2) is 9.16. The third kappa shape index (κ3) is 5.25. The Labute approximate surface area is 136 Å². The number of benzene rings is 2. The third-order valence-electron chi connectivity index (χ3n) is 3.66. The van der Waals surface area contributed by atoms with Crippen LogP contribution in [-0.2, 0) is 0 Å². The number of aliphatic hydroxyl groups is 1. The highest BCUT2D eigenvalue weighted by Gasteiger charge is 2.05. The monoisotopic (exact) mass is 318 g/mol. The smallest absolute Gasteiger partial charge is 0.165 e. The van der Waals surface area contributed by atoms with Gasteiger partial charge in [0.15, 0.2) is 11.6 Å². The first-order valence-corrected chi connectivity index (χ1v) is 7.92. The molecule has 0 saturated carbocycles. The molecular weight excluding hydrogens is 295 g/mol. The van der Waals surface area contributed by atoms with E-state index >= 15 is 0 Å². The molecule has 124 valence electrons. The number of ether oxygens (including phenoxy) is 2. The number of aliphatic hydroxyl groups excluding tert-OH is 1. The number of unbranched alkanes of at least 4 members (excludes halogenated alkanes) is 3. The highest BCUT2D eigenvalue weighted by molar-refractivity contribution is 5.65. The molecule has 1 N–H and O–H groups in total. The van der Waals surface area contributed by atoms with Crippen LogP contribution in [0.4, 0.5) is 4.39 Å². The van der Waals surface area contributed by atoms with Crippen LogP contribution in [0, 0.1) is 5.82 Å². The minimum Gasteiger partial charge on any atom is -0.494 e. The summed E-state index contributed by atoms with van der Waals surface area (Å²) < 4.78 is 24.4. The highest BCUT2D eigenvalue weighted by Crippen LogP contribution is 2.27. The maximum absolute atomic E-state index is 13.7. The fourth-order valence-corrected chi connectivity index (χ4v) is 2.35. The molecule has 0 aliphatic rings. The van der Waals surface area contributed by atoms with Gasteiger partial charge in [-0.1, -0.05) is 24.6 Å². The second-order valence-corrected chi connectivity index (χ2v) is 5.36. The largest absolute Gasteiger partial charge is 0.494 e. The summed E-state index contributed by atoms with van der Waals surface area (Å²) >= 11 is 0. The Morgan fingerprint density at radius 1 is 0.913 bits per heavy atom. The molecule has 0 aliphatic carbocycles. The summed E-state index contributed by atoms with van der Waals surface area (Å²) in [5, 5.41) is 8.71. The zero-order valence-corrected chi connectivity index (χ0v) is 13.4. The van der Waals surface area contributed by atoms with Crippen molar-refractivity contribution in [1.29, 1.82) is 0 Å². The van der Waals surface area contributed by atoms with Crippen molar-refractivity contribution in [3.63, 3.8) is 0 Å². The Hall–Kier alpha value is -2.07. The summed E-state index contributed by atoms with van der Waals surface area (Å²) in [4.78, 5) is 0. The highest BCUT2D eigenvalue weighted by atomic mass is 19.1. The van der Waals surface area contributed by atoms with Crippen molar-refractivity contribution in [3.8, 4) is 22.6 Å². The molecule has 0 amide bonds. The van der Waals surface area contributed by atoms with Gasteiger partial charge in [-0.05, 0) is 54.7 Å². The van der Waals surface area contributed by atoms with E-state index in [1.54, 1.807) is 6.07 Å². The van der Waals surface area contributed by atoms with Gasteiger partial charge in [0.25, 0.3) is 0 Å². The number of methoxy groups -OCH3 is 1. The quantitative estimate of drug-likeness (QED) is 0.695. The molecule has 0 atom stereocenters. The number of rotatable bonds is 9. The molecule has 3 nitrogen and oxygen atoms in total. The van der Waals surface area contributed by atoms with E-state index < -0.39 is 0 Å². The van der Waals surface area contributed by atoms with Crippen molar-refractivity contribution in [1.82, 2.24) is 0 Å². The Balaban J connectivity index is 1.88. The van der Waals surface area contributed by atoms with E-state index in [0.717, 1.165) is 42.6 Å². The Bertz CT molecular complexity index is 596. The van der Waals surface area contributed by atoms with E-state index in [1.165, 1.54) is 13.2 Å². The van der Waals surface area contributed by atoms with Crippen LogP contribution in [-0.4, -0.2) is 25.4 Å². The maximum Gasteiger partial charge on any atom is 0.165 e. The zero-order valence-electron chi connectivity index (χ0n) is 13.4. The Kier molecular flexibility index (Phi) is 6.88. The molecule has 2 aromatic rings. The summed E-state index contributed by atoms with van der Waals surface area (Å²) in [6, 6.07) is 12.6. The Morgan fingerprint density at radius 3 is 2.26 bits per heavy atom. The van der Waals surface area contributed by atoms with Crippen LogP contribution < -0.4 is 9.47 Å². The van der Waals surface area contributed by atoms with E-state index in [-0.39, 0.29) is 18.2 Å². The standard InChI is InChI=1S/C19H23FO3/c1-22-19-11-8-16(14-18(19)20)15-6-9-17(10-7-15)23-13-5-3-2-4-12-21/h6-11,14,21H,2-5,12-13H2,1H3. The maximum atomic E-state index is 13.7. The predicted octanol–water partition coefficient (Wildman–Crippen LogP) is 4.43. The number of halogens is 1. The van der Waals surface area contributed by atoms with Crippen molar-refractivity contribution < 1.29 is 19.0 Å². The first kappa shape index (κ1) is 17.3. The molecule has 0 unspecified atom stereocenters. The van der Waals surface area contributed by atoms with Crippen LogP contribution in [0.3, 0.4) is 0 Å². The number of hydrogen-bond donors (Lipinski definition) is 1.